The van der Waals surface area contributed by atoms with Crippen LogP contribution in [-0.2, 0) is 11.3 Å². The predicted molar refractivity (Wildman–Crippen MR) is 107 cm³/mol. The van der Waals surface area contributed by atoms with Crippen LogP contribution >= 0.6 is 15.9 Å². The van der Waals surface area contributed by atoms with Crippen LogP contribution in [0, 0.1) is 0 Å². The fraction of sp³-hybridized carbons (Fsp3) is 0.211. The van der Waals surface area contributed by atoms with Crippen molar-refractivity contribution in [1.82, 2.24) is 10.2 Å². The van der Waals surface area contributed by atoms with Gasteiger partial charge in [0.25, 0.3) is 0 Å². The van der Waals surface area contributed by atoms with Crippen molar-refractivity contribution < 1.29 is 14.4 Å². The molecule has 4 N–H and O–H groups in total. The first-order chi connectivity index (χ1) is 12.8. The van der Waals surface area contributed by atoms with E-state index in [0.717, 1.165) is 10.0 Å². The maximum Gasteiger partial charge on any atom is 0.319 e. The maximum absolute atomic E-state index is 12.2. The molecule has 0 unspecified atom stereocenters. The summed E-state index contributed by atoms with van der Waals surface area (Å²) in [5, 5.41) is 5.34. The van der Waals surface area contributed by atoms with Crippen molar-refractivity contribution in [3.05, 3.63) is 64.1 Å². The lowest BCUT2D eigenvalue weighted by Gasteiger charge is -2.18. The Morgan fingerprint density at radius 1 is 1.11 bits per heavy atom. The molecule has 0 aromatic heterocycles. The highest BCUT2D eigenvalue weighted by Gasteiger charge is 2.11. The smallest absolute Gasteiger partial charge is 0.319 e. The van der Waals surface area contributed by atoms with Crippen LogP contribution in [0.4, 0.5) is 10.5 Å². The van der Waals surface area contributed by atoms with Gasteiger partial charge in [0.15, 0.2) is 0 Å². The number of benzene rings is 2. The molecule has 8 heteroatoms. The molecular formula is C19H21BrN4O3. The molecule has 0 heterocycles. The Hall–Kier alpha value is -2.87. The molecule has 2 aromatic carbocycles. The van der Waals surface area contributed by atoms with Crippen LogP contribution in [0.5, 0.6) is 0 Å². The van der Waals surface area contributed by atoms with Crippen molar-refractivity contribution in [2.24, 2.45) is 5.73 Å². The average Bonchev–Trinajstić information content (AvgIpc) is 2.63. The molecule has 0 radical (unpaired) electrons. The zero-order chi connectivity index (χ0) is 19.8. The number of hydrogen-bond acceptors (Lipinski definition) is 3. The van der Waals surface area contributed by atoms with Gasteiger partial charge in [-0.1, -0.05) is 28.1 Å². The van der Waals surface area contributed by atoms with Gasteiger partial charge in [0, 0.05) is 42.3 Å². The van der Waals surface area contributed by atoms with Gasteiger partial charge in [0.2, 0.25) is 11.8 Å². The summed E-state index contributed by atoms with van der Waals surface area (Å²) in [5.74, 6) is -0.629. The molecule has 0 spiro atoms. The van der Waals surface area contributed by atoms with Gasteiger partial charge in [-0.2, -0.15) is 0 Å². The largest absolute Gasteiger partial charge is 0.366 e. The number of nitrogens with two attached hydrogens (primary N) is 1. The first-order valence-electron chi connectivity index (χ1n) is 8.28. The zero-order valence-corrected chi connectivity index (χ0v) is 16.5. The van der Waals surface area contributed by atoms with E-state index in [9.17, 15) is 14.4 Å². The molecule has 0 fully saturated rings. The minimum absolute atomic E-state index is 0.122. The summed E-state index contributed by atoms with van der Waals surface area (Å²) in [6, 6.07) is 13.6. The standard InChI is InChI=1S/C19H21BrN4O3/c1-24(12-13-3-2-4-14(11-13)18(21)26)17(25)9-10-22-19(27)23-16-7-5-15(20)6-8-16/h2-8,11H,9-10,12H2,1H3,(H2,21,26)(H2,22,23,27). The lowest BCUT2D eigenvalue weighted by atomic mass is 10.1. The first kappa shape index (κ1) is 20.4. The number of rotatable bonds is 7. The highest BCUT2D eigenvalue weighted by molar-refractivity contribution is 9.10. The number of hydrogen-bond donors (Lipinski definition) is 3. The van der Waals surface area contributed by atoms with Crippen molar-refractivity contribution in [2.75, 3.05) is 18.9 Å². The van der Waals surface area contributed by atoms with Crippen molar-refractivity contribution in [3.63, 3.8) is 0 Å². The van der Waals surface area contributed by atoms with E-state index in [-0.39, 0.29) is 24.9 Å². The minimum Gasteiger partial charge on any atom is -0.366 e. The highest BCUT2D eigenvalue weighted by Crippen LogP contribution is 2.13. The molecular weight excluding hydrogens is 412 g/mol. The fourth-order valence-electron chi connectivity index (χ4n) is 2.37. The van der Waals surface area contributed by atoms with Gasteiger partial charge in [-0.3, -0.25) is 9.59 Å². The Kier molecular flexibility index (Phi) is 7.36. The predicted octanol–water partition coefficient (Wildman–Crippen LogP) is 2.72. The summed E-state index contributed by atoms with van der Waals surface area (Å²) in [4.78, 5) is 36.8. The van der Waals surface area contributed by atoms with E-state index in [1.54, 1.807) is 37.4 Å². The summed E-state index contributed by atoms with van der Waals surface area (Å²) < 4.78 is 0.920. The van der Waals surface area contributed by atoms with Crippen LogP contribution in [0.3, 0.4) is 0 Å². The molecule has 0 aliphatic heterocycles. The molecule has 4 amide bonds. The number of anilines is 1. The molecule has 7 nitrogen and oxygen atoms in total. The number of urea groups is 1. The van der Waals surface area contributed by atoms with Crippen LogP contribution in [0.25, 0.3) is 0 Å². The quantitative estimate of drug-likeness (QED) is 0.626. The normalized spacial score (nSPS) is 10.1. The summed E-state index contributed by atoms with van der Waals surface area (Å²) in [6.07, 6.45) is 0.166. The lowest BCUT2D eigenvalue weighted by Crippen LogP contribution is -2.34. The third kappa shape index (κ3) is 6.74. The number of carbonyl (C=O) groups is 3. The van der Waals surface area contributed by atoms with E-state index < -0.39 is 5.91 Å². The van der Waals surface area contributed by atoms with E-state index in [1.807, 2.05) is 18.2 Å². The maximum atomic E-state index is 12.2. The monoisotopic (exact) mass is 432 g/mol. The third-order valence-electron chi connectivity index (χ3n) is 3.78. The topological polar surface area (TPSA) is 105 Å². The second-order valence-electron chi connectivity index (χ2n) is 5.95. The van der Waals surface area contributed by atoms with Crippen molar-refractivity contribution in [3.8, 4) is 0 Å². The van der Waals surface area contributed by atoms with Crippen LogP contribution in [0.1, 0.15) is 22.3 Å². The molecule has 0 aliphatic carbocycles. The fourth-order valence-corrected chi connectivity index (χ4v) is 2.63. The minimum atomic E-state index is -0.508. The number of nitrogens with zero attached hydrogens (tertiary/aromatic N) is 1. The van der Waals surface area contributed by atoms with Crippen LogP contribution in [0.2, 0.25) is 0 Å². The van der Waals surface area contributed by atoms with E-state index in [1.165, 1.54) is 4.90 Å². The van der Waals surface area contributed by atoms with E-state index >= 15 is 0 Å². The highest BCUT2D eigenvalue weighted by atomic mass is 79.9. The lowest BCUT2D eigenvalue weighted by molar-refractivity contribution is -0.130. The molecule has 0 bridgehead atoms. The molecule has 0 saturated carbocycles. The summed E-state index contributed by atoms with van der Waals surface area (Å²) >= 11 is 3.32. The number of nitrogens with one attached hydrogen (secondary N) is 2. The number of amides is 4. The van der Waals surface area contributed by atoms with Crippen LogP contribution in [0.15, 0.2) is 53.0 Å². The Morgan fingerprint density at radius 2 is 1.81 bits per heavy atom. The van der Waals surface area contributed by atoms with Crippen molar-refractivity contribution in [1.29, 1.82) is 0 Å². The first-order valence-corrected chi connectivity index (χ1v) is 9.07. The van der Waals surface area contributed by atoms with Crippen LogP contribution < -0.4 is 16.4 Å². The van der Waals surface area contributed by atoms with E-state index in [2.05, 4.69) is 26.6 Å². The summed E-state index contributed by atoms with van der Waals surface area (Å²) in [5.41, 5.74) is 7.13. The van der Waals surface area contributed by atoms with Gasteiger partial charge < -0.3 is 21.3 Å². The van der Waals surface area contributed by atoms with Crippen molar-refractivity contribution in [2.45, 2.75) is 13.0 Å². The molecule has 0 saturated heterocycles. The van der Waals surface area contributed by atoms with E-state index in [0.29, 0.717) is 17.8 Å². The molecule has 2 rings (SSSR count). The second-order valence-corrected chi connectivity index (χ2v) is 6.87. The number of halogens is 1. The van der Waals surface area contributed by atoms with Gasteiger partial charge in [0.05, 0.1) is 0 Å². The number of carbonyl (C=O) groups excluding carboxylic acids is 3. The average molecular weight is 433 g/mol. The Bertz CT molecular complexity index is 824. The molecule has 27 heavy (non-hydrogen) atoms. The van der Waals surface area contributed by atoms with Gasteiger partial charge >= 0.3 is 6.03 Å². The number of primary amides is 1. The molecule has 0 atom stereocenters. The molecule has 0 aliphatic rings. The summed E-state index contributed by atoms with van der Waals surface area (Å²) in [7, 11) is 1.67. The third-order valence-corrected chi connectivity index (χ3v) is 4.31. The zero-order valence-electron chi connectivity index (χ0n) is 14.9. The van der Waals surface area contributed by atoms with E-state index in [4.69, 9.17) is 5.73 Å². The van der Waals surface area contributed by atoms with Crippen LogP contribution in [-0.4, -0.2) is 36.3 Å². The van der Waals surface area contributed by atoms with Crippen molar-refractivity contribution >= 4 is 39.5 Å². The van der Waals surface area contributed by atoms with Gasteiger partial charge in [-0.15, -0.1) is 0 Å². The van der Waals surface area contributed by atoms with Gasteiger partial charge in [-0.25, -0.2) is 4.79 Å². The SMILES string of the molecule is CN(Cc1cccc(C(N)=O)c1)C(=O)CCNC(=O)Nc1ccc(Br)cc1. The molecule has 142 valence electrons. The van der Waals surface area contributed by atoms with Gasteiger partial charge in [0.1, 0.15) is 0 Å². The Balaban J connectivity index is 1.76. The summed E-state index contributed by atoms with van der Waals surface area (Å²) in [6.45, 7) is 0.567. The van der Waals surface area contributed by atoms with Gasteiger partial charge in [-0.05, 0) is 42.0 Å². The molecule has 2 aromatic rings. The Labute approximate surface area is 166 Å². The second kappa shape index (κ2) is 9.72. The Morgan fingerprint density at radius 3 is 2.48 bits per heavy atom.